The summed E-state index contributed by atoms with van der Waals surface area (Å²) in [6.07, 6.45) is 0.296. The lowest BCUT2D eigenvalue weighted by Gasteiger charge is -2.18. The molecule has 9 heteroatoms. The van der Waals surface area contributed by atoms with Crippen LogP contribution >= 0.6 is 0 Å². The molecule has 0 aliphatic carbocycles. The van der Waals surface area contributed by atoms with Crippen molar-refractivity contribution in [2.75, 3.05) is 14.2 Å². The fourth-order valence-electron chi connectivity index (χ4n) is 4.18. The van der Waals surface area contributed by atoms with Gasteiger partial charge in [-0.3, -0.25) is 9.59 Å². The number of nitrogens with zero attached hydrogens (tertiary/aromatic N) is 2. The Labute approximate surface area is 219 Å². The molecule has 0 saturated heterocycles. The first kappa shape index (κ1) is 26.5. The average Bonchev–Trinajstić information content (AvgIpc) is 3.34. The number of rotatable bonds is 9. The van der Waals surface area contributed by atoms with Crippen LogP contribution < -0.4 is 15.4 Å². The first-order chi connectivity index (χ1) is 18.3. The Morgan fingerprint density at radius 3 is 2.42 bits per heavy atom. The molecular weight excluding hydrogens is 490 g/mol. The van der Waals surface area contributed by atoms with Gasteiger partial charge in [0, 0.05) is 25.5 Å². The quantitative estimate of drug-likeness (QED) is 0.337. The molecule has 0 aliphatic heterocycles. The van der Waals surface area contributed by atoms with Crippen LogP contribution in [0.4, 0.5) is 8.78 Å². The minimum atomic E-state index is -1.04. The van der Waals surface area contributed by atoms with E-state index in [0.29, 0.717) is 33.8 Å². The molecule has 196 valence electrons. The average molecular weight is 519 g/mol. The van der Waals surface area contributed by atoms with Crippen LogP contribution in [0.3, 0.4) is 0 Å². The maximum absolute atomic E-state index is 14.0. The lowest BCUT2D eigenvalue weighted by Crippen LogP contribution is -2.39. The van der Waals surface area contributed by atoms with Gasteiger partial charge in [-0.05, 0) is 72.6 Å². The second-order valence-corrected chi connectivity index (χ2v) is 8.82. The Kier molecular flexibility index (Phi) is 8.15. The van der Waals surface area contributed by atoms with Gasteiger partial charge in [0.1, 0.15) is 23.4 Å². The van der Waals surface area contributed by atoms with Gasteiger partial charge in [0.05, 0.1) is 24.2 Å². The Morgan fingerprint density at radius 2 is 1.76 bits per heavy atom. The van der Waals surface area contributed by atoms with E-state index in [9.17, 15) is 18.4 Å². The van der Waals surface area contributed by atoms with Crippen molar-refractivity contribution in [1.29, 1.82) is 0 Å². The van der Waals surface area contributed by atoms with E-state index >= 15 is 0 Å². The van der Waals surface area contributed by atoms with Crippen molar-refractivity contribution in [3.8, 4) is 22.7 Å². The Bertz CT molecular complexity index is 1430. The fourth-order valence-corrected chi connectivity index (χ4v) is 4.18. The maximum atomic E-state index is 14.0. The van der Waals surface area contributed by atoms with Gasteiger partial charge in [-0.25, -0.2) is 13.5 Å². The van der Waals surface area contributed by atoms with E-state index in [1.54, 1.807) is 55.1 Å². The van der Waals surface area contributed by atoms with Crippen LogP contribution in [-0.2, 0) is 16.0 Å². The van der Waals surface area contributed by atoms with Crippen LogP contribution in [0.15, 0.2) is 72.8 Å². The van der Waals surface area contributed by atoms with Crippen molar-refractivity contribution in [3.05, 3.63) is 101 Å². The molecule has 1 aromatic heterocycles. The number of methoxy groups -OCH3 is 1. The normalized spacial score (nSPS) is 11.6. The number of aryl methyl sites for hydroxylation is 2. The summed E-state index contributed by atoms with van der Waals surface area (Å²) < 4.78 is 34.9. The van der Waals surface area contributed by atoms with E-state index in [1.807, 2.05) is 12.1 Å². The van der Waals surface area contributed by atoms with Gasteiger partial charge < -0.3 is 15.4 Å². The Morgan fingerprint density at radius 1 is 1.00 bits per heavy atom. The summed E-state index contributed by atoms with van der Waals surface area (Å²) in [5.41, 5.74) is 3.62. The minimum Gasteiger partial charge on any atom is -0.497 e. The number of hydrogen-bond donors (Lipinski definition) is 2. The van der Waals surface area contributed by atoms with E-state index in [4.69, 9.17) is 4.74 Å². The zero-order valence-corrected chi connectivity index (χ0v) is 21.3. The third-order valence-electron chi connectivity index (χ3n) is 6.02. The number of carbonyl (C=O) groups is 2. The molecule has 0 aliphatic rings. The molecule has 1 heterocycles. The molecule has 3 aromatic carbocycles. The second-order valence-electron chi connectivity index (χ2n) is 8.82. The third kappa shape index (κ3) is 6.23. The van der Waals surface area contributed by atoms with E-state index in [1.165, 1.54) is 31.3 Å². The summed E-state index contributed by atoms with van der Waals surface area (Å²) in [7, 11) is 3.03. The minimum absolute atomic E-state index is 0.0318. The van der Waals surface area contributed by atoms with E-state index in [2.05, 4.69) is 15.7 Å². The van der Waals surface area contributed by atoms with Crippen LogP contribution in [0.25, 0.3) is 16.9 Å². The Balaban J connectivity index is 1.56. The summed E-state index contributed by atoms with van der Waals surface area (Å²) in [4.78, 5) is 25.3. The molecule has 0 bridgehead atoms. The fraction of sp³-hybridized carbons (Fsp3) is 0.207. The molecule has 0 radical (unpaired) electrons. The van der Waals surface area contributed by atoms with Gasteiger partial charge in [0.15, 0.2) is 0 Å². The molecule has 4 aromatic rings. The van der Waals surface area contributed by atoms with Gasteiger partial charge in [-0.1, -0.05) is 18.2 Å². The highest BCUT2D eigenvalue weighted by Gasteiger charge is 2.23. The topological polar surface area (TPSA) is 85.2 Å². The number of aromatic nitrogens is 2. The lowest BCUT2D eigenvalue weighted by atomic mass is 10.0. The highest BCUT2D eigenvalue weighted by Crippen LogP contribution is 2.26. The van der Waals surface area contributed by atoms with Gasteiger partial charge in [0.25, 0.3) is 0 Å². The predicted octanol–water partition coefficient (Wildman–Crippen LogP) is 4.67. The highest BCUT2D eigenvalue weighted by atomic mass is 19.1. The first-order valence-electron chi connectivity index (χ1n) is 12.0. The largest absolute Gasteiger partial charge is 0.497 e. The summed E-state index contributed by atoms with van der Waals surface area (Å²) in [6.45, 7) is 1.71. The lowest BCUT2D eigenvalue weighted by molar-refractivity contribution is -0.128. The smallest absolute Gasteiger partial charge is 0.246 e. The number of likely N-dealkylation sites (N-methyl/N-ethyl adjacent to an activating group) is 1. The molecule has 0 fully saturated rings. The Hall–Kier alpha value is -4.53. The van der Waals surface area contributed by atoms with Gasteiger partial charge in [-0.15, -0.1) is 0 Å². The zero-order chi connectivity index (χ0) is 27.2. The van der Waals surface area contributed by atoms with Crippen LogP contribution in [0.2, 0.25) is 0 Å². The SMILES string of the molecule is CNC(=O)C(NC(=O)CCc1cc(-c2cccc(F)c2)n(-c2ccc(OC)cc2)n1)c1cc(C)cc(F)c1. The molecule has 0 spiro atoms. The second kappa shape index (κ2) is 11.7. The maximum Gasteiger partial charge on any atom is 0.246 e. The van der Waals surface area contributed by atoms with Crippen LogP contribution in [0, 0.1) is 18.6 Å². The number of ether oxygens (including phenoxy) is 1. The standard InChI is InChI=1S/C29H28F2N4O3/c1-18-13-20(16-22(31)14-18)28(29(37)32-2)33-27(36)12-7-23-17-26(19-5-4-6-21(30)15-19)35(34-23)24-8-10-25(38-3)11-9-24/h4-6,8-11,13-17,28H,7,12H2,1-3H3,(H,32,37)(H,33,36). The number of amides is 2. The van der Waals surface area contributed by atoms with Crippen molar-refractivity contribution in [1.82, 2.24) is 20.4 Å². The highest BCUT2D eigenvalue weighted by molar-refractivity contribution is 5.88. The van der Waals surface area contributed by atoms with Crippen molar-refractivity contribution in [3.63, 3.8) is 0 Å². The van der Waals surface area contributed by atoms with Gasteiger partial charge in [-0.2, -0.15) is 5.10 Å². The molecule has 1 atom stereocenters. The van der Waals surface area contributed by atoms with Crippen molar-refractivity contribution in [2.45, 2.75) is 25.8 Å². The number of halogens is 2. The first-order valence-corrected chi connectivity index (χ1v) is 12.0. The number of carbonyl (C=O) groups excluding carboxylic acids is 2. The predicted molar refractivity (Wildman–Crippen MR) is 140 cm³/mol. The summed E-state index contributed by atoms with van der Waals surface area (Å²) in [5.74, 6) is -1.03. The summed E-state index contributed by atoms with van der Waals surface area (Å²) in [6, 6.07) is 18.5. The van der Waals surface area contributed by atoms with E-state index in [-0.39, 0.29) is 18.7 Å². The van der Waals surface area contributed by atoms with Crippen molar-refractivity contribution >= 4 is 11.8 Å². The molecule has 2 amide bonds. The zero-order valence-electron chi connectivity index (χ0n) is 21.3. The molecule has 1 unspecified atom stereocenters. The van der Waals surface area contributed by atoms with Crippen LogP contribution in [0.1, 0.15) is 29.3 Å². The molecule has 7 nitrogen and oxygen atoms in total. The van der Waals surface area contributed by atoms with Crippen molar-refractivity contribution < 1.29 is 23.1 Å². The van der Waals surface area contributed by atoms with Crippen LogP contribution in [-0.4, -0.2) is 35.8 Å². The molecule has 38 heavy (non-hydrogen) atoms. The molecule has 2 N–H and O–H groups in total. The number of benzene rings is 3. The summed E-state index contributed by atoms with van der Waals surface area (Å²) >= 11 is 0. The number of nitrogens with one attached hydrogen (secondary N) is 2. The van der Waals surface area contributed by atoms with Crippen LogP contribution in [0.5, 0.6) is 5.75 Å². The van der Waals surface area contributed by atoms with Crippen molar-refractivity contribution in [2.24, 2.45) is 0 Å². The van der Waals surface area contributed by atoms with E-state index < -0.39 is 23.7 Å². The monoisotopic (exact) mass is 518 g/mol. The molecule has 0 saturated carbocycles. The van der Waals surface area contributed by atoms with Gasteiger partial charge >= 0.3 is 0 Å². The van der Waals surface area contributed by atoms with Gasteiger partial charge in [0.2, 0.25) is 11.8 Å². The number of hydrogen-bond acceptors (Lipinski definition) is 4. The van der Waals surface area contributed by atoms with E-state index in [0.717, 1.165) is 5.69 Å². The third-order valence-corrected chi connectivity index (χ3v) is 6.02. The molecular formula is C29H28F2N4O3. The summed E-state index contributed by atoms with van der Waals surface area (Å²) in [5, 5.41) is 9.88. The molecule has 4 rings (SSSR count).